The van der Waals surface area contributed by atoms with Crippen molar-refractivity contribution in [1.82, 2.24) is 0 Å². The molecule has 0 aliphatic carbocycles. The Morgan fingerprint density at radius 2 is 2.00 bits per heavy atom. The number of carbonyl (C=O) groups excluding carboxylic acids is 1. The molecule has 0 aliphatic heterocycles. The van der Waals surface area contributed by atoms with Crippen molar-refractivity contribution in [3.05, 3.63) is 35.9 Å². The van der Waals surface area contributed by atoms with E-state index in [1.807, 2.05) is 6.07 Å². The fraction of sp³-hybridized carbons (Fsp3) is 0.417. The summed E-state index contributed by atoms with van der Waals surface area (Å²) in [4.78, 5) is 11.5. The minimum Gasteiger partial charge on any atom is -0.462 e. The Hall–Kier alpha value is -1.39. The average molecular weight is 224 g/mol. The predicted octanol–water partition coefficient (Wildman–Crippen LogP) is 0.977. The second-order valence-corrected chi connectivity index (χ2v) is 3.91. The largest absolute Gasteiger partial charge is 0.462 e. The molecule has 0 radical (unpaired) electrons. The molecule has 0 bridgehead atoms. The fourth-order valence-electron chi connectivity index (χ4n) is 1.10. The van der Waals surface area contributed by atoms with Gasteiger partial charge in [0.05, 0.1) is 24.4 Å². The van der Waals surface area contributed by atoms with Gasteiger partial charge in [0, 0.05) is 6.42 Å². The number of aliphatic hydroxyl groups is 2. The summed E-state index contributed by atoms with van der Waals surface area (Å²) in [5, 5.41) is 18.3. The van der Waals surface area contributed by atoms with Crippen molar-refractivity contribution in [2.45, 2.75) is 18.9 Å². The van der Waals surface area contributed by atoms with Crippen LogP contribution in [0.1, 0.15) is 23.7 Å². The molecule has 0 spiro atoms. The molecule has 0 fully saturated rings. The monoisotopic (exact) mass is 224 g/mol. The first-order valence-electron chi connectivity index (χ1n) is 5.10. The third-order valence-electron chi connectivity index (χ3n) is 2.22. The summed E-state index contributed by atoms with van der Waals surface area (Å²) in [5.74, 6) is -0.422. The van der Waals surface area contributed by atoms with Gasteiger partial charge < -0.3 is 14.9 Å². The first-order chi connectivity index (χ1) is 7.55. The van der Waals surface area contributed by atoms with Crippen molar-refractivity contribution in [2.75, 3.05) is 13.2 Å². The lowest BCUT2D eigenvalue weighted by atomic mass is 10.1. The van der Waals surface area contributed by atoms with Crippen molar-refractivity contribution in [2.24, 2.45) is 0 Å². The molecule has 1 rings (SSSR count). The minimum absolute atomic E-state index is 0.0846. The van der Waals surface area contributed by atoms with Crippen LogP contribution in [-0.4, -0.2) is 35.0 Å². The van der Waals surface area contributed by atoms with E-state index in [1.54, 1.807) is 24.3 Å². The molecule has 1 atom stereocenters. The third-order valence-corrected chi connectivity index (χ3v) is 2.22. The Morgan fingerprint density at radius 3 is 2.56 bits per heavy atom. The molecule has 2 N–H and O–H groups in total. The molecule has 0 aliphatic rings. The number of ether oxygens (including phenoxy) is 1. The Morgan fingerprint density at radius 1 is 1.38 bits per heavy atom. The second kappa shape index (κ2) is 5.63. The molecule has 88 valence electrons. The van der Waals surface area contributed by atoms with Crippen LogP contribution in [0.2, 0.25) is 0 Å². The normalized spacial score (nSPS) is 14.2. The van der Waals surface area contributed by atoms with Gasteiger partial charge in [-0.1, -0.05) is 18.2 Å². The van der Waals surface area contributed by atoms with Crippen molar-refractivity contribution in [3.63, 3.8) is 0 Å². The van der Waals surface area contributed by atoms with Crippen LogP contribution in [0.4, 0.5) is 0 Å². The predicted molar refractivity (Wildman–Crippen MR) is 59.1 cm³/mol. The van der Waals surface area contributed by atoms with E-state index in [9.17, 15) is 9.90 Å². The molecule has 1 aromatic carbocycles. The van der Waals surface area contributed by atoms with Gasteiger partial charge in [-0.15, -0.1) is 0 Å². The molecular weight excluding hydrogens is 208 g/mol. The van der Waals surface area contributed by atoms with Crippen molar-refractivity contribution < 1.29 is 19.7 Å². The van der Waals surface area contributed by atoms with Gasteiger partial charge in [-0.25, -0.2) is 4.79 Å². The van der Waals surface area contributed by atoms with Gasteiger partial charge >= 0.3 is 5.97 Å². The minimum atomic E-state index is -1.20. The summed E-state index contributed by atoms with van der Waals surface area (Å²) in [5.41, 5.74) is -0.720. The molecule has 0 aromatic heterocycles. The highest BCUT2D eigenvalue weighted by molar-refractivity contribution is 5.89. The molecule has 0 saturated heterocycles. The van der Waals surface area contributed by atoms with Gasteiger partial charge in [0.25, 0.3) is 0 Å². The van der Waals surface area contributed by atoms with E-state index in [1.165, 1.54) is 6.92 Å². The number of hydrogen-bond acceptors (Lipinski definition) is 4. The van der Waals surface area contributed by atoms with Crippen LogP contribution in [0.5, 0.6) is 0 Å². The quantitative estimate of drug-likeness (QED) is 0.731. The molecule has 0 heterocycles. The number of benzene rings is 1. The maximum Gasteiger partial charge on any atom is 0.338 e. The van der Waals surface area contributed by atoms with E-state index >= 15 is 0 Å². The average Bonchev–Trinajstić information content (AvgIpc) is 2.30. The molecule has 1 aromatic rings. The Kier molecular flexibility index (Phi) is 4.46. The van der Waals surface area contributed by atoms with Crippen molar-refractivity contribution in [1.29, 1.82) is 0 Å². The first-order valence-corrected chi connectivity index (χ1v) is 5.10. The van der Waals surface area contributed by atoms with Crippen LogP contribution in [0, 0.1) is 0 Å². The van der Waals surface area contributed by atoms with Gasteiger partial charge in [-0.3, -0.25) is 0 Å². The molecule has 0 saturated carbocycles. The molecule has 4 heteroatoms. The van der Waals surface area contributed by atoms with Crippen molar-refractivity contribution in [3.8, 4) is 0 Å². The van der Waals surface area contributed by atoms with Crippen LogP contribution in [0.15, 0.2) is 30.3 Å². The zero-order valence-corrected chi connectivity index (χ0v) is 9.22. The maximum atomic E-state index is 11.5. The molecule has 4 nitrogen and oxygen atoms in total. The third kappa shape index (κ3) is 4.00. The summed E-state index contributed by atoms with van der Waals surface area (Å²) >= 11 is 0. The van der Waals surface area contributed by atoms with E-state index in [0.29, 0.717) is 5.56 Å². The second-order valence-electron chi connectivity index (χ2n) is 3.91. The maximum absolute atomic E-state index is 11.5. The summed E-state index contributed by atoms with van der Waals surface area (Å²) in [6.07, 6.45) is 0.210. The van der Waals surface area contributed by atoms with Crippen LogP contribution in [0.25, 0.3) is 0 Å². The van der Waals surface area contributed by atoms with Crippen LogP contribution >= 0.6 is 0 Å². The summed E-state index contributed by atoms with van der Waals surface area (Å²) in [7, 11) is 0. The fourth-order valence-corrected chi connectivity index (χ4v) is 1.10. The van der Waals surface area contributed by atoms with E-state index in [-0.39, 0.29) is 19.6 Å². The Labute approximate surface area is 94.5 Å². The van der Waals surface area contributed by atoms with E-state index < -0.39 is 11.6 Å². The highest BCUT2D eigenvalue weighted by atomic mass is 16.5. The SMILES string of the molecule is CC(O)(CO)CCOC(=O)c1ccccc1. The van der Waals surface area contributed by atoms with Gasteiger partial charge in [0.1, 0.15) is 0 Å². The molecule has 1 unspecified atom stereocenters. The topological polar surface area (TPSA) is 66.8 Å². The zero-order valence-electron chi connectivity index (χ0n) is 9.22. The van der Waals surface area contributed by atoms with Crippen LogP contribution in [0.3, 0.4) is 0 Å². The molecular formula is C12H16O4. The summed E-state index contributed by atoms with van der Waals surface area (Å²) < 4.78 is 4.96. The van der Waals surface area contributed by atoms with Gasteiger partial charge in [0.2, 0.25) is 0 Å². The van der Waals surface area contributed by atoms with Gasteiger partial charge in [0.15, 0.2) is 0 Å². The van der Waals surface area contributed by atoms with E-state index in [4.69, 9.17) is 9.84 Å². The highest BCUT2D eigenvalue weighted by Gasteiger charge is 2.19. The first kappa shape index (κ1) is 12.7. The number of hydrogen-bond donors (Lipinski definition) is 2. The lowest BCUT2D eigenvalue weighted by Gasteiger charge is -2.19. The summed E-state index contributed by atoms with van der Waals surface area (Å²) in [6, 6.07) is 8.63. The lowest BCUT2D eigenvalue weighted by Crippen LogP contribution is -2.30. The van der Waals surface area contributed by atoms with E-state index in [0.717, 1.165) is 0 Å². The van der Waals surface area contributed by atoms with Crippen molar-refractivity contribution >= 4 is 5.97 Å². The molecule has 16 heavy (non-hydrogen) atoms. The van der Waals surface area contributed by atoms with Crippen LogP contribution < -0.4 is 0 Å². The van der Waals surface area contributed by atoms with Gasteiger partial charge in [-0.05, 0) is 19.1 Å². The smallest absolute Gasteiger partial charge is 0.338 e. The number of rotatable bonds is 5. The Bertz CT molecular complexity index is 332. The number of esters is 1. The zero-order chi connectivity index (χ0) is 12.0. The lowest BCUT2D eigenvalue weighted by molar-refractivity contribution is -0.0218. The Balaban J connectivity index is 2.37. The standard InChI is InChI=1S/C12H16O4/c1-12(15,9-13)7-8-16-11(14)10-5-3-2-4-6-10/h2-6,13,15H,7-9H2,1H3. The molecule has 0 amide bonds. The number of carbonyl (C=O) groups is 1. The van der Waals surface area contributed by atoms with Gasteiger partial charge in [-0.2, -0.15) is 0 Å². The summed E-state index contributed by atoms with van der Waals surface area (Å²) in [6.45, 7) is 1.22. The number of aliphatic hydroxyl groups excluding tert-OH is 1. The van der Waals surface area contributed by atoms with E-state index in [2.05, 4.69) is 0 Å². The van der Waals surface area contributed by atoms with Crippen LogP contribution in [-0.2, 0) is 4.74 Å². The highest BCUT2D eigenvalue weighted by Crippen LogP contribution is 2.09.